The van der Waals surface area contributed by atoms with Gasteiger partial charge in [0.25, 0.3) is 0 Å². The molecular formula is C22H25BrClN3O3S2. The number of nitrogens with zero attached hydrogens (tertiary/aromatic N) is 2. The van der Waals surface area contributed by atoms with Gasteiger partial charge in [-0.05, 0) is 54.6 Å². The standard InChI is InChI=1S/C22H25BrClN3O3S2/c1-22(2,3)30-21(28)27(10-12-5-4-8-31-12)15-9-16(24)26-18-17(23)19(32-20(15)18)13-6-7-29-11-14(13)25/h4-5,8-9,13-14H,6-7,10-11,25H2,1-3H3/t13-,14+/m1/s1. The minimum atomic E-state index is -0.628. The van der Waals surface area contributed by atoms with Crippen LogP contribution in [-0.2, 0) is 16.0 Å². The summed E-state index contributed by atoms with van der Waals surface area (Å²) in [6, 6.07) is 5.60. The minimum absolute atomic E-state index is 0.0971. The summed E-state index contributed by atoms with van der Waals surface area (Å²) >= 11 is 13.4. The van der Waals surface area contributed by atoms with Crippen molar-refractivity contribution in [2.45, 2.75) is 51.3 Å². The molecule has 3 aromatic heterocycles. The molecule has 10 heteroatoms. The fraction of sp³-hybridized carbons (Fsp3) is 0.455. The van der Waals surface area contributed by atoms with Crippen LogP contribution in [0.1, 0.15) is 42.9 Å². The van der Waals surface area contributed by atoms with Crippen molar-refractivity contribution in [3.8, 4) is 0 Å². The zero-order valence-electron chi connectivity index (χ0n) is 18.1. The zero-order valence-corrected chi connectivity index (χ0v) is 22.0. The van der Waals surface area contributed by atoms with Crippen molar-refractivity contribution in [3.63, 3.8) is 0 Å². The maximum absolute atomic E-state index is 13.3. The number of anilines is 1. The Hall–Kier alpha value is -1.23. The Morgan fingerprint density at radius 3 is 2.91 bits per heavy atom. The number of halogens is 2. The summed E-state index contributed by atoms with van der Waals surface area (Å²) in [5.74, 6) is 0.149. The first-order valence-corrected chi connectivity index (χ1v) is 13.2. The first-order chi connectivity index (χ1) is 15.1. The van der Waals surface area contributed by atoms with Crippen molar-refractivity contribution in [3.05, 3.63) is 43.0 Å². The number of ether oxygens (including phenoxy) is 2. The molecule has 0 unspecified atom stereocenters. The quantitative estimate of drug-likeness (QED) is 0.368. The Balaban J connectivity index is 1.83. The van der Waals surface area contributed by atoms with Gasteiger partial charge in [-0.2, -0.15) is 0 Å². The molecule has 3 aromatic rings. The number of carbonyl (C=O) groups is 1. The third-order valence-corrected chi connectivity index (χ3v) is 8.55. The van der Waals surface area contributed by atoms with Crippen molar-refractivity contribution < 1.29 is 14.3 Å². The normalized spacial score (nSPS) is 19.3. The molecule has 2 N–H and O–H groups in total. The van der Waals surface area contributed by atoms with Crippen LogP contribution in [0.3, 0.4) is 0 Å². The van der Waals surface area contributed by atoms with Gasteiger partial charge in [0.2, 0.25) is 0 Å². The number of fused-ring (bicyclic) bond motifs is 1. The maximum atomic E-state index is 13.3. The molecule has 2 atom stereocenters. The summed E-state index contributed by atoms with van der Waals surface area (Å²) < 4.78 is 13.0. The second-order valence-electron chi connectivity index (χ2n) is 8.70. The molecule has 0 saturated carbocycles. The molecule has 32 heavy (non-hydrogen) atoms. The van der Waals surface area contributed by atoms with Gasteiger partial charge in [-0.1, -0.05) is 17.7 Å². The molecule has 4 rings (SSSR count). The molecule has 0 radical (unpaired) electrons. The molecule has 4 heterocycles. The first kappa shape index (κ1) is 23.9. The fourth-order valence-corrected chi connectivity index (χ4v) is 6.86. The van der Waals surface area contributed by atoms with Crippen molar-refractivity contribution in [2.75, 3.05) is 18.1 Å². The highest BCUT2D eigenvalue weighted by Crippen LogP contribution is 2.46. The highest BCUT2D eigenvalue weighted by atomic mass is 79.9. The van der Waals surface area contributed by atoms with Crippen LogP contribution >= 0.6 is 50.2 Å². The maximum Gasteiger partial charge on any atom is 0.415 e. The van der Waals surface area contributed by atoms with Gasteiger partial charge in [0.15, 0.2) is 0 Å². The highest BCUT2D eigenvalue weighted by Gasteiger charge is 2.32. The lowest BCUT2D eigenvalue weighted by Gasteiger charge is -2.28. The van der Waals surface area contributed by atoms with E-state index < -0.39 is 11.7 Å². The first-order valence-electron chi connectivity index (χ1n) is 10.3. The summed E-state index contributed by atoms with van der Waals surface area (Å²) in [4.78, 5) is 21.6. The predicted octanol–water partition coefficient (Wildman–Crippen LogP) is 6.55. The van der Waals surface area contributed by atoms with Gasteiger partial charge in [0.05, 0.1) is 33.5 Å². The Labute approximate surface area is 208 Å². The number of rotatable bonds is 4. The number of thiophene rings is 2. The fourth-order valence-electron chi connectivity index (χ4n) is 3.66. The second-order valence-corrected chi connectivity index (χ2v) is 12.0. The Morgan fingerprint density at radius 2 is 2.25 bits per heavy atom. The second kappa shape index (κ2) is 9.56. The van der Waals surface area contributed by atoms with Gasteiger partial charge in [-0.25, -0.2) is 9.78 Å². The lowest BCUT2D eigenvalue weighted by atomic mass is 9.94. The van der Waals surface area contributed by atoms with Crippen LogP contribution in [0, 0.1) is 0 Å². The van der Waals surface area contributed by atoms with E-state index in [-0.39, 0.29) is 12.0 Å². The largest absolute Gasteiger partial charge is 0.443 e. The van der Waals surface area contributed by atoms with Crippen LogP contribution in [0.2, 0.25) is 5.15 Å². The third-order valence-electron chi connectivity index (χ3n) is 5.09. The number of amides is 1. The predicted molar refractivity (Wildman–Crippen MR) is 135 cm³/mol. The van der Waals surface area contributed by atoms with Gasteiger partial charge < -0.3 is 15.2 Å². The number of carbonyl (C=O) groups excluding carboxylic acids is 1. The van der Waals surface area contributed by atoms with Gasteiger partial charge in [0.1, 0.15) is 10.8 Å². The van der Waals surface area contributed by atoms with Crippen LogP contribution in [0.5, 0.6) is 0 Å². The molecule has 1 aliphatic heterocycles. The molecule has 0 spiro atoms. The topological polar surface area (TPSA) is 77.7 Å². The van der Waals surface area contributed by atoms with Crippen molar-refractivity contribution in [1.29, 1.82) is 0 Å². The molecule has 1 amide bonds. The summed E-state index contributed by atoms with van der Waals surface area (Å²) in [5, 5.41) is 2.30. The molecule has 1 saturated heterocycles. The van der Waals surface area contributed by atoms with E-state index in [4.69, 9.17) is 26.8 Å². The molecular weight excluding hydrogens is 534 g/mol. The molecule has 0 aromatic carbocycles. The Kier molecular flexibility index (Phi) is 7.14. The van der Waals surface area contributed by atoms with Gasteiger partial charge in [-0.3, -0.25) is 4.90 Å². The van der Waals surface area contributed by atoms with E-state index in [0.717, 1.165) is 30.9 Å². The summed E-state index contributed by atoms with van der Waals surface area (Å²) in [6.07, 6.45) is 0.406. The monoisotopic (exact) mass is 557 g/mol. The van der Waals surface area contributed by atoms with Crippen LogP contribution in [0.15, 0.2) is 28.1 Å². The lowest BCUT2D eigenvalue weighted by molar-refractivity contribution is 0.0578. The van der Waals surface area contributed by atoms with Crippen molar-refractivity contribution in [2.24, 2.45) is 5.73 Å². The molecule has 0 aliphatic carbocycles. The average Bonchev–Trinajstić information content (AvgIpc) is 3.33. The van der Waals surface area contributed by atoms with E-state index in [0.29, 0.717) is 30.6 Å². The van der Waals surface area contributed by atoms with Gasteiger partial charge >= 0.3 is 6.09 Å². The zero-order chi connectivity index (χ0) is 23.0. The molecule has 6 nitrogen and oxygen atoms in total. The van der Waals surface area contributed by atoms with Crippen molar-refractivity contribution in [1.82, 2.24) is 4.98 Å². The average molecular weight is 559 g/mol. The van der Waals surface area contributed by atoms with Crippen LogP contribution < -0.4 is 10.6 Å². The third kappa shape index (κ3) is 5.13. The molecule has 1 fully saturated rings. The van der Waals surface area contributed by atoms with Crippen LogP contribution in [0.25, 0.3) is 10.2 Å². The lowest BCUT2D eigenvalue weighted by Crippen LogP contribution is -2.37. The van der Waals surface area contributed by atoms with E-state index in [1.54, 1.807) is 33.6 Å². The number of hydrogen-bond acceptors (Lipinski definition) is 7. The van der Waals surface area contributed by atoms with E-state index in [2.05, 4.69) is 20.9 Å². The molecule has 172 valence electrons. The van der Waals surface area contributed by atoms with Crippen LogP contribution in [-0.4, -0.2) is 35.9 Å². The molecule has 1 aliphatic rings. The summed E-state index contributed by atoms with van der Waals surface area (Å²) in [5.41, 5.74) is 7.15. The van der Waals surface area contributed by atoms with E-state index >= 15 is 0 Å². The summed E-state index contributed by atoms with van der Waals surface area (Å²) in [6.45, 7) is 7.14. The number of pyridine rings is 1. The minimum Gasteiger partial charge on any atom is -0.443 e. The number of hydrogen-bond donors (Lipinski definition) is 1. The molecule has 0 bridgehead atoms. The Morgan fingerprint density at radius 1 is 1.47 bits per heavy atom. The van der Waals surface area contributed by atoms with Crippen LogP contribution in [0.4, 0.5) is 10.5 Å². The Bertz CT molecular complexity index is 1110. The smallest absolute Gasteiger partial charge is 0.415 e. The van der Waals surface area contributed by atoms with E-state index in [1.807, 2.05) is 38.3 Å². The van der Waals surface area contributed by atoms with Gasteiger partial charge in [0, 0.05) is 34.4 Å². The highest BCUT2D eigenvalue weighted by molar-refractivity contribution is 9.10. The van der Waals surface area contributed by atoms with Gasteiger partial charge in [-0.15, -0.1) is 22.7 Å². The number of nitrogens with two attached hydrogens (primary N) is 1. The number of aromatic nitrogens is 1. The SMILES string of the molecule is CC(C)(C)OC(=O)N(Cc1cccs1)c1cc(Cl)nc2c(Br)c([C@@H]3CCOC[C@@H]3N)sc12. The summed E-state index contributed by atoms with van der Waals surface area (Å²) in [7, 11) is 0. The van der Waals surface area contributed by atoms with E-state index in [9.17, 15) is 4.79 Å². The van der Waals surface area contributed by atoms with E-state index in [1.165, 1.54) is 0 Å². The van der Waals surface area contributed by atoms with Crippen molar-refractivity contribution >= 4 is 72.2 Å².